The quantitative estimate of drug-likeness (QED) is 0.910. The molecule has 0 saturated carbocycles. The van der Waals surface area contributed by atoms with E-state index in [1.165, 1.54) is 0 Å². The number of hydrogen-bond acceptors (Lipinski definition) is 3. The van der Waals surface area contributed by atoms with Gasteiger partial charge in [-0.1, -0.05) is 32.0 Å². The number of fused-ring (bicyclic) bond motifs is 1. The van der Waals surface area contributed by atoms with Gasteiger partial charge >= 0.3 is 6.09 Å². The Labute approximate surface area is 114 Å². The summed E-state index contributed by atoms with van der Waals surface area (Å²) < 4.78 is 5.34. The maximum atomic E-state index is 12.1. The fraction of sp³-hybridized carbons (Fsp3) is 0.533. The van der Waals surface area contributed by atoms with E-state index >= 15 is 0 Å². The smallest absolute Gasteiger partial charge is 0.414 e. The van der Waals surface area contributed by atoms with Crippen LogP contribution >= 0.6 is 0 Å². The molecule has 1 heterocycles. The van der Waals surface area contributed by atoms with Crippen LogP contribution in [0.4, 0.5) is 10.5 Å². The summed E-state index contributed by atoms with van der Waals surface area (Å²) in [6.07, 6.45) is 0.667. The highest BCUT2D eigenvalue weighted by molar-refractivity contribution is 5.89. The lowest BCUT2D eigenvalue weighted by molar-refractivity contribution is 0.139. The first kappa shape index (κ1) is 13.9. The van der Waals surface area contributed by atoms with Gasteiger partial charge in [0.1, 0.15) is 0 Å². The van der Waals surface area contributed by atoms with Crippen LogP contribution in [0.15, 0.2) is 24.3 Å². The summed E-state index contributed by atoms with van der Waals surface area (Å²) in [5.41, 5.74) is 2.12. The molecule has 0 saturated heterocycles. The van der Waals surface area contributed by atoms with Crippen molar-refractivity contribution in [3.05, 3.63) is 29.8 Å². The van der Waals surface area contributed by atoms with E-state index in [4.69, 9.17) is 4.74 Å². The van der Waals surface area contributed by atoms with Crippen molar-refractivity contribution in [3.8, 4) is 0 Å². The number of benzene rings is 1. The maximum absolute atomic E-state index is 12.1. The number of rotatable bonds is 3. The normalized spacial score (nSPS) is 18.3. The number of ether oxygens (including phenoxy) is 1. The molecule has 0 bridgehead atoms. The summed E-state index contributed by atoms with van der Waals surface area (Å²) in [6.45, 7) is 5.23. The van der Waals surface area contributed by atoms with Gasteiger partial charge in [0.25, 0.3) is 0 Å². The molecule has 1 unspecified atom stereocenters. The molecule has 1 atom stereocenters. The Balaban J connectivity index is 2.17. The second-order valence-corrected chi connectivity index (χ2v) is 5.31. The zero-order valence-electron chi connectivity index (χ0n) is 11.8. The van der Waals surface area contributed by atoms with E-state index in [1.54, 1.807) is 4.90 Å². The van der Waals surface area contributed by atoms with Crippen LogP contribution in [-0.2, 0) is 4.74 Å². The fourth-order valence-electron chi connectivity index (χ4n) is 2.37. The van der Waals surface area contributed by atoms with Gasteiger partial charge in [-0.15, -0.1) is 0 Å². The molecule has 1 amide bonds. The van der Waals surface area contributed by atoms with E-state index in [0.29, 0.717) is 25.1 Å². The average Bonchev–Trinajstić information content (AvgIpc) is 2.43. The zero-order valence-corrected chi connectivity index (χ0v) is 11.8. The van der Waals surface area contributed by atoms with Gasteiger partial charge in [-0.3, -0.25) is 4.90 Å². The maximum Gasteiger partial charge on any atom is 0.414 e. The van der Waals surface area contributed by atoms with Crippen molar-refractivity contribution in [2.24, 2.45) is 5.92 Å². The molecule has 0 aromatic heterocycles. The highest BCUT2D eigenvalue weighted by atomic mass is 16.6. The molecule has 104 valence electrons. The lowest BCUT2D eigenvalue weighted by atomic mass is 9.97. The van der Waals surface area contributed by atoms with Crippen molar-refractivity contribution in [2.75, 3.05) is 25.1 Å². The minimum Gasteiger partial charge on any atom is -0.449 e. The number of para-hydroxylation sites is 1. The highest BCUT2D eigenvalue weighted by Crippen LogP contribution is 2.33. The molecule has 0 fully saturated rings. The zero-order chi connectivity index (χ0) is 13.8. The lowest BCUT2D eigenvalue weighted by Crippen LogP contribution is -2.39. The van der Waals surface area contributed by atoms with E-state index < -0.39 is 0 Å². The van der Waals surface area contributed by atoms with E-state index in [1.807, 2.05) is 39.1 Å². The molecule has 1 N–H and O–H groups in total. The number of nitrogens with zero attached hydrogens (tertiary/aromatic N) is 1. The average molecular weight is 262 g/mol. The van der Waals surface area contributed by atoms with Gasteiger partial charge in [-0.2, -0.15) is 0 Å². The van der Waals surface area contributed by atoms with Crippen molar-refractivity contribution >= 4 is 11.8 Å². The van der Waals surface area contributed by atoms with E-state index in [0.717, 1.165) is 17.7 Å². The first-order chi connectivity index (χ1) is 9.13. The van der Waals surface area contributed by atoms with Crippen LogP contribution in [0.3, 0.4) is 0 Å². The van der Waals surface area contributed by atoms with Crippen molar-refractivity contribution in [2.45, 2.75) is 26.3 Å². The predicted octanol–water partition coefficient (Wildman–Crippen LogP) is 2.95. The van der Waals surface area contributed by atoms with Crippen LogP contribution in [0.5, 0.6) is 0 Å². The number of amides is 1. The molecule has 2 rings (SSSR count). The largest absolute Gasteiger partial charge is 0.449 e. The van der Waals surface area contributed by atoms with Gasteiger partial charge in [-0.05, 0) is 31.0 Å². The Kier molecular flexibility index (Phi) is 4.43. The Hall–Kier alpha value is -1.55. The SMILES string of the molecule is CNC1CCN(C(=O)OCC(C)C)c2ccccc21. The van der Waals surface area contributed by atoms with Crippen LogP contribution in [0.25, 0.3) is 0 Å². The summed E-state index contributed by atoms with van der Waals surface area (Å²) in [5, 5.41) is 3.29. The Bertz CT molecular complexity index is 446. The standard InChI is InChI=1S/C15H22N2O2/c1-11(2)10-19-15(18)17-9-8-13(16-3)12-6-4-5-7-14(12)17/h4-7,11,13,16H,8-10H2,1-3H3. The minimum absolute atomic E-state index is 0.240. The minimum atomic E-state index is -0.240. The summed E-state index contributed by atoms with van der Waals surface area (Å²) in [4.78, 5) is 13.9. The molecule has 1 aliphatic rings. The number of carbonyl (C=O) groups is 1. The van der Waals surface area contributed by atoms with Crippen LogP contribution in [0.1, 0.15) is 31.9 Å². The van der Waals surface area contributed by atoms with Gasteiger partial charge < -0.3 is 10.1 Å². The predicted molar refractivity (Wildman–Crippen MR) is 76.4 cm³/mol. The summed E-state index contributed by atoms with van der Waals surface area (Å²) >= 11 is 0. The van der Waals surface area contributed by atoms with Crippen molar-refractivity contribution in [3.63, 3.8) is 0 Å². The topological polar surface area (TPSA) is 41.6 Å². The molecule has 1 aromatic rings. The van der Waals surface area contributed by atoms with Crippen LogP contribution in [0.2, 0.25) is 0 Å². The molecule has 4 heteroatoms. The number of anilines is 1. The van der Waals surface area contributed by atoms with Gasteiger partial charge in [0, 0.05) is 12.6 Å². The Morgan fingerprint density at radius 1 is 1.47 bits per heavy atom. The number of carbonyl (C=O) groups excluding carboxylic acids is 1. The van der Waals surface area contributed by atoms with Gasteiger partial charge in [0.15, 0.2) is 0 Å². The van der Waals surface area contributed by atoms with Crippen molar-refractivity contribution in [1.29, 1.82) is 0 Å². The molecule has 0 spiro atoms. The molecule has 19 heavy (non-hydrogen) atoms. The van der Waals surface area contributed by atoms with Crippen molar-refractivity contribution < 1.29 is 9.53 Å². The van der Waals surface area contributed by atoms with E-state index in [2.05, 4.69) is 11.4 Å². The third-order valence-corrected chi connectivity index (χ3v) is 3.35. The number of hydrogen-bond donors (Lipinski definition) is 1. The Morgan fingerprint density at radius 3 is 2.89 bits per heavy atom. The molecular formula is C15H22N2O2. The highest BCUT2D eigenvalue weighted by Gasteiger charge is 2.28. The number of nitrogens with one attached hydrogen (secondary N) is 1. The lowest BCUT2D eigenvalue weighted by Gasteiger charge is -2.33. The van der Waals surface area contributed by atoms with Crippen LogP contribution in [-0.4, -0.2) is 26.3 Å². The third kappa shape index (κ3) is 3.07. The molecule has 0 aliphatic carbocycles. The first-order valence-corrected chi connectivity index (χ1v) is 6.84. The van der Waals surface area contributed by atoms with Crippen molar-refractivity contribution in [1.82, 2.24) is 5.32 Å². The van der Waals surface area contributed by atoms with Gasteiger partial charge in [0.05, 0.1) is 12.3 Å². The van der Waals surface area contributed by atoms with E-state index in [9.17, 15) is 4.79 Å². The molecule has 4 nitrogen and oxygen atoms in total. The summed E-state index contributed by atoms with van der Waals surface area (Å²) in [5.74, 6) is 0.356. The third-order valence-electron chi connectivity index (χ3n) is 3.35. The van der Waals surface area contributed by atoms with Gasteiger partial charge in [0.2, 0.25) is 0 Å². The monoisotopic (exact) mass is 262 g/mol. The fourth-order valence-corrected chi connectivity index (χ4v) is 2.37. The molecular weight excluding hydrogens is 240 g/mol. The van der Waals surface area contributed by atoms with Crippen LogP contribution in [0, 0.1) is 5.92 Å². The van der Waals surface area contributed by atoms with Crippen LogP contribution < -0.4 is 10.2 Å². The van der Waals surface area contributed by atoms with E-state index in [-0.39, 0.29) is 6.09 Å². The molecule has 0 radical (unpaired) electrons. The summed E-state index contributed by atoms with van der Waals surface area (Å²) in [6, 6.07) is 8.32. The summed E-state index contributed by atoms with van der Waals surface area (Å²) in [7, 11) is 1.95. The second-order valence-electron chi connectivity index (χ2n) is 5.31. The first-order valence-electron chi connectivity index (χ1n) is 6.84. The molecule has 1 aliphatic heterocycles. The Morgan fingerprint density at radius 2 is 2.21 bits per heavy atom. The second kappa shape index (κ2) is 6.06. The molecule has 1 aromatic carbocycles. The van der Waals surface area contributed by atoms with Gasteiger partial charge in [-0.25, -0.2) is 4.79 Å².